The van der Waals surface area contributed by atoms with Crippen LogP contribution in [0.1, 0.15) is 61.8 Å². The second-order valence-electron chi connectivity index (χ2n) is 19.6. The number of anilines is 3. The van der Waals surface area contributed by atoms with Crippen LogP contribution in [0.3, 0.4) is 0 Å². The molecule has 9 aromatic carbocycles. The average Bonchev–Trinajstić information content (AvgIpc) is 4.12. The Hall–Kier alpha value is -7.22. The third-order valence-electron chi connectivity index (χ3n) is 16.0. The molecule has 65 heavy (non-hydrogen) atoms. The van der Waals surface area contributed by atoms with E-state index in [-0.39, 0.29) is 10.8 Å². The first-order valence-corrected chi connectivity index (χ1v) is 23.7. The molecule has 1 spiro atoms. The van der Waals surface area contributed by atoms with Crippen LogP contribution in [0.15, 0.2) is 212 Å². The maximum atomic E-state index is 2.60. The Morgan fingerprint density at radius 1 is 0.385 bits per heavy atom. The monoisotopic (exact) mass is 833 g/mol. The summed E-state index contributed by atoms with van der Waals surface area (Å²) in [6.07, 6.45) is 5.30. The van der Waals surface area contributed by atoms with Crippen molar-refractivity contribution in [2.45, 2.75) is 50.4 Å². The molecule has 2 fully saturated rings. The lowest BCUT2D eigenvalue weighted by Gasteiger charge is -2.37. The van der Waals surface area contributed by atoms with E-state index < -0.39 is 0 Å². The normalized spacial score (nSPS) is 19.2. The molecule has 0 amide bonds. The smallest absolute Gasteiger partial charge is 0.0540 e. The van der Waals surface area contributed by atoms with Gasteiger partial charge >= 0.3 is 0 Å². The van der Waals surface area contributed by atoms with Gasteiger partial charge in [-0.25, -0.2) is 0 Å². The number of para-hydroxylation sites is 1. The van der Waals surface area contributed by atoms with Crippen molar-refractivity contribution in [1.29, 1.82) is 0 Å². The second-order valence-corrected chi connectivity index (χ2v) is 19.6. The van der Waals surface area contributed by atoms with Gasteiger partial charge in [-0.05, 0) is 145 Å². The number of fused-ring (bicyclic) bond motifs is 11. The van der Waals surface area contributed by atoms with E-state index in [1.165, 1.54) is 121 Å². The van der Waals surface area contributed by atoms with Gasteiger partial charge in [0.1, 0.15) is 0 Å². The SMILES string of the molecule is CC1(C)c2ccccc2-c2cccc(-c3ccc(N(c4ccc5c(c4)C4(CC6CCC4C6)c4ccccc4-5)c4ccccc4-c4ccccc4-c4ccccc4-c4ccccc4)cc3)c21. The number of hydrogen-bond donors (Lipinski definition) is 0. The van der Waals surface area contributed by atoms with Gasteiger partial charge in [0.15, 0.2) is 0 Å². The standard InChI is InChI=1S/C64H51N/c1-63(2)58-28-13-10-24-54(58)57-27-16-26-49(62(57)63)44-32-35-46(36-33-44)65(47-37-38-55-53-23-11-14-29-59(53)64(60(55)40-47)41-42-31-34-45(64)39-42)61-30-15-12-25-56(61)52-22-9-8-21-51(52)50-20-7-6-19-48(50)43-17-4-3-5-18-43/h3-30,32-33,35-38,40,42,45H,31,34,39,41H2,1-2H3. The van der Waals surface area contributed by atoms with E-state index >= 15 is 0 Å². The van der Waals surface area contributed by atoms with Crippen LogP contribution in [0.25, 0.3) is 66.8 Å². The van der Waals surface area contributed by atoms with Crippen LogP contribution < -0.4 is 4.90 Å². The van der Waals surface area contributed by atoms with Crippen molar-refractivity contribution in [3.8, 4) is 66.8 Å². The van der Waals surface area contributed by atoms with Crippen LogP contribution in [0.5, 0.6) is 0 Å². The molecule has 2 bridgehead atoms. The molecule has 3 unspecified atom stereocenters. The number of hydrogen-bond acceptors (Lipinski definition) is 1. The van der Waals surface area contributed by atoms with Gasteiger partial charge in [0.05, 0.1) is 5.69 Å². The summed E-state index contributed by atoms with van der Waals surface area (Å²) < 4.78 is 0. The van der Waals surface area contributed by atoms with Gasteiger partial charge in [0, 0.05) is 27.8 Å². The highest BCUT2D eigenvalue weighted by Crippen LogP contribution is 2.66. The van der Waals surface area contributed by atoms with Gasteiger partial charge in [0.2, 0.25) is 0 Å². The van der Waals surface area contributed by atoms with Crippen LogP contribution in [0, 0.1) is 11.8 Å². The summed E-state index contributed by atoms with van der Waals surface area (Å²) >= 11 is 0. The highest BCUT2D eigenvalue weighted by molar-refractivity contribution is 5.98. The Labute approximate surface area is 383 Å². The maximum Gasteiger partial charge on any atom is 0.0540 e. The minimum Gasteiger partial charge on any atom is -0.310 e. The predicted molar refractivity (Wildman–Crippen MR) is 272 cm³/mol. The van der Waals surface area contributed by atoms with Gasteiger partial charge in [-0.1, -0.05) is 202 Å². The average molecular weight is 834 g/mol. The molecule has 312 valence electrons. The van der Waals surface area contributed by atoms with Crippen LogP contribution in [0.4, 0.5) is 17.1 Å². The van der Waals surface area contributed by atoms with E-state index in [0.29, 0.717) is 5.92 Å². The molecule has 13 rings (SSSR count). The zero-order chi connectivity index (χ0) is 43.3. The van der Waals surface area contributed by atoms with Gasteiger partial charge < -0.3 is 4.90 Å². The highest BCUT2D eigenvalue weighted by atomic mass is 15.1. The Balaban J connectivity index is 0.999. The van der Waals surface area contributed by atoms with Crippen molar-refractivity contribution in [2.75, 3.05) is 4.90 Å². The second kappa shape index (κ2) is 14.7. The minimum atomic E-state index is -0.101. The van der Waals surface area contributed by atoms with E-state index in [1.807, 2.05) is 0 Å². The van der Waals surface area contributed by atoms with E-state index in [1.54, 1.807) is 5.56 Å². The van der Waals surface area contributed by atoms with E-state index in [2.05, 4.69) is 231 Å². The van der Waals surface area contributed by atoms with Crippen LogP contribution in [0.2, 0.25) is 0 Å². The lowest BCUT2D eigenvalue weighted by Crippen LogP contribution is -2.32. The lowest BCUT2D eigenvalue weighted by atomic mass is 9.67. The third kappa shape index (κ3) is 5.71. The third-order valence-corrected chi connectivity index (χ3v) is 16.0. The largest absolute Gasteiger partial charge is 0.310 e. The molecule has 4 aliphatic rings. The fourth-order valence-electron chi connectivity index (χ4n) is 13.3. The Morgan fingerprint density at radius 3 is 1.62 bits per heavy atom. The Bertz CT molecular complexity index is 3320. The highest BCUT2D eigenvalue weighted by Gasteiger charge is 2.56. The summed E-state index contributed by atoms with van der Waals surface area (Å²) in [7, 11) is 0. The van der Waals surface area contributed by atoms with Crippen LogP contribution >= 0.6 is 0 Å². The first-order valence-electron chi connectivity index (χ1n) is 23.7. The fourth-order valence-corrected chi connectivity index (χ4v) is 13.3. The van der Waals surface area contributed by atoms with Crippen molar-refractivity contribution in [1.82, 2.24) is 0 Å². The fraction of sp³-hybridized carbons (Fsp3) is 0.156. The van der Waals surface area contributed by atoms with Gasteiger partial charge in [-0.15, -0.1) is 0 Å². The van der Waals surface area contributed by atoms with Gasteiger partial charge in [-0.2, -0.15) is 0 Å². The molecule has 0 saturated heterocycles. The molecule has 0 aromatic heterocycles. The van der Waals surface area contributed by atoms with Crippen LogP contribution in [-0.4, -0.2) is 0 Å². The van der Waals surface area contributed by atoms with E-state index in [0.717, 1.165) is 11.6 Å². The number of nitrogens with zero attached hydrogens (tertiary/aromatic N) is 1. The van der Waals surface area contributed by atoms with Crippen molar-refractivity contribution < 1.29 is 0 Å². The molecule has 2 saturated carbocycles. The lowest BCUT2D eigenvalue weighted by molar-refractivity contribution is 0.327. The molecule has 1 heteroatoms. The van der Waals surface area contributed by atoms with Crippen LogP contribution in [-0.2, 0) is 10.8 Å². The van der Waals surface area contributed by atoms with Gasteiger partial charge in [0.25, 0.3) is 0 Å². The number of benzene rings is 9. The van der Waals surface area contributed by atoms with Crippen molar-refractivity contribution in [2.24, 2.45) is 11.8 Å². The van der Waals surface area contributed by atoms with Crippen molar-refractivity contribution in [3.05, 3.63) is 235 Å². The summed E-state index contributed by atoms with van der Waals surface area (Å²) in [6.45, 7) is 4.78. The molecule has 0 radical (unpaired) electrons. The zero-order valence-corrected chi connectivity index (χ0v) is 37.1. The topological polar surface area (TPSA) is 3.24 Å². The first-order chi connectivity index (χ1) is 32.0. The number of rotatable bonds is 7. The molecular formula is C64H51N. The quantitative estimate of drug-likeness (QED) is 0.155. The zero-order valence-electron chi connectivity index (χ0n) is 37.1. The Kier molecular flexibility index (Phi) is 8.63. The molecule has 9 aromatic rings. The minimum absolute atomic E-state index is 0.0751. The maximum absolute atomic E-state index is 2.60. The molecule has 4 aliphatic carbocycles. The van der Waals surface area contributed by atoms with Gasteiger partial charge in [-0.3, -0.25) is 0 Å². The summed E-state index contributed by atoms with van der Waals surface area (Å²) in [5.41, 5.74) is 24.8. The Morgan fingerprint density at radius 2 is 0.908 bits per heavy atom. The molecular weight excluding hydrogens is 783 g/mol. The molecule has 1 nitrogen and oxygen atoms in total. The predicted octanol–water partition coefficient (Wildman–Crippen LogP) is 17.2. The van der Waals surface area contributed by atoms with Crippen molar-refractivity contribution >= 4 is 17.1 Å². The summed E-state index contributed by atoms with van der Waals surface area (Å²) in [5, 5.41) is 0. The molecule has 3 atom stereocenters. The van der Waals surface area contributed by atoms with Crippen molar-refractivity contribution in [3.63, 3.8) is 0 Å². The first kappa shape index (κ1) is 38.3. The summed E-state index contributed by atoms with van der Waals surface area (Å²) in [5.74, 6) is 1.49. The molecule has 0 aliphatic heterocycles. The van der Waals surface area contributed by atoms with E-state index in [4.69, 9.17) is 0 Å². The molecule has 0 N–H and O–H groups in total. The van der Waals surface area contributed by atoms with E-state index in [9.17, 15) is 0 Å². The summed E-state index contributed by atoms with van der Waals surface area (Å²) in [6, 6.07) is 79.9. The molecule has 0 heterocycles. The summed E-state index contributed by atoms with van der Waals surface area (Å²) in [4.78, 5) is 2.55.